The van der Waals surface area contributed by atoms with Crippen molar-refractivity contribution in [2.45, 2.75) is 25.2 Å². The smallest absolute Gasteiger partial charge is 0.170 e. The Balaban J connectivity index is 1.97. The molecule has 0 heterocycles. The van der Waals surface area contributed by atoms with E-state index in [0.29, 0.717) is 0 Å². The van der Waals surface area contributed by atoms with Crippen LogP contribution in [0.3, 0.4) is 0 Å². The van der Waals surface area contributed by atoms with Crippen molar-refractivity contribution in [3.63, 3.8) is 0 Å². The van der Waals surface area contributed by atoms with Crippen molar-refractivity contribution in [3.8, 4) is 0 Å². The maximum Gasteiger partial charge on any atom is 0.170 e. The van der Waals surface area contributed by atoms with Gasteiger partial charge in [-0.25, -0.2) is 0 Å². The van der Waals surface area contributed by atoms with Crippen LogP contribution in [0.5, 0.6) is 0 Å². The van der Waals surface area contributed by atoms with Crippen molar-refractivity contribution in [3.05, 3.63) is 71.3 Å². The van der Waals surface area contributed by atoms with Gasteiger partial charge in [-0.1, -0.05) is 54.6 Å². The molecule has 0 aliphatic heterocycles. The van der Waals surface area contributed by atoms with Gasteiger partial charge in [0.25, 0.3) is 0 Å². The van der Waals surface area contributed by atoms with Gasteiger partial charge in [-0.15, -0.1) is 0 Å². The van der Waals surface area contributed by atoms with Crippen molar-refractivity contribution in [2.75, 3.05) is 0 Å². The Morgan fingerprint density at radius 2 is 1.67 bits per heavy atom. The highest BCUT2D eigenvalue weighted by atomic mass is 16.1. The summed E-state index contributed by atoms with van der Waals surface area (Å²) in [5.41, 5.74) is 3.41. The average molecular weight is 236 g/mol. The van der Waals surface area contributed by atoms with Crippen LogP contribution < -0.4 is 0 Å². The summed E-state index contributed by atoms with van der Waals surface area (Å²) in [6, 6.07) is 18.0. The van der Waals surface area contributed by atoms with Crippen molar-refractivity contribution in [2.24, 2.45) is 0 Å². The molecular weight excluding hydrogens is 220 g/mol. The molecule has 18 heavy (non-hydrogen) atoms. The van der Waals surface area contributed by atoms with Crippen LogP contribution in [-0.2, 0) is 6.42 Å². The zero-order valence-corrected chi connectivity index (χ0v) is 10.3. The maximum atomic E-state index is 12.6. The molecule has 90 valence electrons. The van der Waals surface area contributed by atoms with Crippen LogP contribution in [-0.4, -0.2) is 5.78 Å². The van der Waals surface area contributed by atoms with E-state index in [4.69, 9.17) is 0 Å². The lowest BCUT2D eigenvalue weighted by Gasteiger charge is -2.24. The molecule has 0 saturated carbocycles. The molecule has 0 aromatic heterocycles. The fraction of sp³-hybridized carbons (Fsp3) is 0.235. The van der Waals surface area contributed by atoms with Crippen LogP contribution in [0.4, 0.5) is 0 Å². The molecule has 0 radical (unpaired) electrons. The number of carbonyl (C=O) groups is 1. The lowest BCUT2D eigenvalue weighted by atomic mass is 9.79. The Labute approximate surface area is 107 Å². The van der Waals surface area contributed by atoms with Crippen LogP contribution >= 0.6 is 0 Å². The molecule has 0 bridgehead atoms. The Hall–Kier alpha value is -1.89. The van der Waals surface area contributed by atoms with Gasteiger partial charge in [0.2, 0.25) is 0 Å². The van der Waals surface area contributed by atoms with Gasteiger partial charge in [-0.05, 0) is 30.4 Å². The van der Waals surface area contributed by atoms with E-state index in [9.17, 15) is 4.79 Å². The summed E-state index contributed by atoms with van der Waals surface area (Å²) in [4.78, 5) is 12.6. The largest absolute Gasteiger partial charge is 0.293 e. The zero-order valence-electron chi connectivity index (χ0n) is 10.3. The summed E-state index contributed by atoms with van der Waals surface area (Å²) in [6.07, 6.45) is 3.19. The van der Waals surface area contributed by atoms with Crippen LogP contribution in [0.2, 0.25) is 0 Å². The minimum absolute atomic E-state index is 0.0531. The standard InChI is InChI=1S/C17H16O/c18-17(14-8-2-1-3-9-14)16-12-6-10-13-7-4-5-11-15(13)16/h1-5,7-9,11,16H,6,10,12H2/t16-/m0/s1. The van der Waals surface area contributed by atoms with Crippen molar-refractivity contribution in [1.82, 2.24) is 0 Å². The second-order valence-corrected chi connectivity index (χ2v) is 4.87. The first-order valence-electron chi connectivity index (χ1n) is 6.53. The molecule has 0 amide bonds. The Kier molecular flexibility index (Phi) is 2.97. The number of ketones is 1. The lowest BCUT2D eigenvalue weighted by molar-refractivity contribution is 0.0951. The number of rotatable bonds is 2. The van der Waals surface area contributed by atoms with Crippen LogP contribution in [0, 0.1) is 0 Å². The van der Waals surface area contributed by atoms with E-state index in [0.717, 1.165) is 24.8 Å². The second-order valence-electron chi connectivity index (χ2n) is 4.87. The van der Waals surface area contributed by atoms with E-state index >= 15 is 0 Å². The highest BCUT2D eigenvalue weighted by molar-refractivity contribution is 6.01. The zero-order chi connectivity index (χ0) is 12.4. The summed E-state index contributed by atoms with van der Waals surface area (Å²) < 4.78 is 0. The summed E-state index contributed by atoms with van der Waals surface area (Å²) >= 11 is 0. The molecule has 0 unspecified atom stereocenters. The first-order valence-corrected chi connectivity index (χ1v) is 6.53. The quantitative estimate of drug-likeness (QED) is 0.720. The first-order chi connectivity index (χ1) is 8.86. The van der Waals surface area contributed by atoms with Crippen LogP contribution in [0.15, 0.2) is 54.6 Å². The molecule has 0 saturated heterocycles. The number of fused-ring (bicyclic) bond motifs is 1. The number of carbonyl (C=O) groups excluding carboxylic acids is 1. The third-order valence-corrected chi connectivity index (χ3v) is 3.74. The van der Waals surface area contributed by atoms with E-state index in [2.05, 4.69) is 18.2 Å². The van der Waals surface area contributed by atoms with Crippen molar-refractivity contribution >= 4 is 5.78 Å². The predicted molar refractivity (Wildman–Crippen MR) is 72.9 cm³/mol. The van der Waals surface area contributed by atoms with Crippen molar-refractivity contribution in [1.29, 1.82) is 0 Å². The van der Waals surface area contributed by atoms with Crippen molar-refractivity contribution < 1.29 is 4.79 Å². The second kappa shape index (κ2) is 4.77. The molecule has 3 rings (SSSR count). The fourth-order valence-electron chi connectivity index (χ4n) is 2.83. The minimum atomic E-state index is 0.0531. The van der Waals surface area contributed by atoms with Gasteiger partial charge >= 0.3 is 0 Å². The summed E-state index contributed by atoms with van der Waals surface area (Å²) in [6.45, 7) is 0. The molecule has 1 atom stereocenters. The van der Waals surface area contributed by atoms with E-state index in [1.165, 1.54) is 11.1 Å². The van der Waals surface area contributed by atoms with Gasteiger partial charge in [0.1, 0.15) is 0 Å². The monoisotopic (exact) mass is 236 g/mol. The SMILES string of the molecule is O=C(c1ccccc1)[C@H]1CCCc2ccccc21. The number of Topliss-reactive ketones (excluding diaryl/α,β-unsaturated/α-hetero) is 1. The summed E-state index contributed by atoms with van der Waals surface area (Å²) in [7, 11) is 0. The third kappa shape index (κ3) is 1.97. The summed E-state index contributed by atoms with van der Waals surface area (Å²) in [5, 5.41) is 0. The molecule has 0 N–H and O–H groups in total. The Morgan fingerprint density at radius 3 is 2.50 bits per heavy atom. The van der Waals surface area contributed by atoms with Gasteiger partial charge in [0.15, 0.2) is 5.78 Å². The lowest BCUT2D eigenvalue weighted by Crippen LogP contribution is -2.18. The van der Waals surface area contributed by atoms with Crippen LogP contribution in [0.25, 0.3) is 0 Å². The maximum absolute atomic E-state index is 12.6. The molecule has 2 aromatic rings. The van der Waals surface area contributed by atoms with E-state index in [1.807, 2.05) is 36.4 Å². The molecule has 1 aliphatic rings. The molecule has 1 nitrogen and oxygen atoms in total. The van der Waals surface area contributed by atoms with Crippen LogP contribution in [0.1, 0.15) is 40.2 Å². The topological polar surface area (TPSA) is 17.1 Å². The molecule has 1 heteroatoms. The fourth-order valence-corrected chi connectivity index (χ4v) is 2.83. The highest BCUT2D eigenvalue weighted by Gasteiger charge is 2.26. The first kappa shape index (κ1) is 11.2. The van der Waals surface area contributed by atoms with E-state index in [-0.39, 0.29) is 11.7 Å². The minimum Gasteiger partial charge on any atom is -0.293 e. The molecule has 0 fully saturated rings. The number of benzene rings is 2. The highest BCUT2D eigenvalue weighted by Crippen LogP contribution is 2.33. The van der Waals surface area contributed by atoms with E-state index < -0.39 is 0 Å². The molecule has 0 spiro atoms. The molecule has 2 aromatic carbocycles. The Bertz CT molecular complexity index is 557. The molecule has 1 aliphatic carbocycles. The van der Waals surface area contributed by atoms with E-state index in [1.54, 1.807) is 0 Å². The summed E-state index contributed by atoms with van der Waals surface area (Å²) in [5.74, 6) is 0.320. The van der Waals surface area contributed by atoms with Gasteiger partial charge in [-0.3, -0.25) is 4.79 Å². The van der Waals surface area contributed by atoms with Gasteiger partial charge in [-0.2, -0.15) is 0 Å². The predicted octanol–water partition coefficient (Wildman–Crippen LogP) is 3.99. The molecular formula is C17H16O. The van der Waals surface area contributed by atoms with Gasteiger partial charge in [0, 0.05) is 11.5 Å². The number of hydrogen-bond acceptors (Lipinski definition) is 1. The number of hydrogen-bond donors (Lipinski definition) is 0. The number of aryl methyl sites for hydroxylation is 1. The third-order valence-electron chi connectivity index (χ3n) is 3.74. The normalized spacial score (nSPS) is 18.1. The van der Waals surface area contributed by atoms with Gasteiger partial charge < -0.3 is 0 Å². The Morgan fingerprint density at radius 1 is 0.944 bits per heavy atom. The average Bonchev–Trinajstić information content (AvgIpc) is 2.47. The van der Waals surface area contributed by atoms with Gasteiger partial charge in [0.05, 0.1) is 0 Å².